The van der Waals surface area contributed by atoms with Crippen molar-refractivity contribution in [1.82, 2.24) is 14.9 Å². The second-order valence-corrected chi connectivity index (χ2v) is 8.07. The van der Waals surface area contributed by atoms with Crippen LogP contribution in [-0.2, 0) is 35.5 Å². The molecule has 10 heteroatoms. The Morgan fingerprint density at radius 1 is 1.27 bits per heavy atom. The molecule has 0 spiro atoms. The van der Waals surface area contributed by atoms with Gasteiger partial charge in [0.05, 0.1) is 11.3 Å². The van der Waals surface area contributed by atoms with Crippen molar-refractivity contribution >= 4 is 9.84 Å². The molecule has 0 saturated carbocycles. The molecule has 26 heavy (non-hydrogen) atoms. The van der Waals surface area contributed by atoms with Crippen molar-refractivity contribution in [2.24, 2.45) is 0 Å². The van der Waals surface area contributed by atoms with Crippen molar-refractivity contribution in [2.75, 3.05) is 12.8 Å². The zero-order valence-corrected chi connectivity index (χ0v) is 14.5. The van der Waals surface area contributed by atoms with Gasteiger partial charge in [-0.15, -0.1) is 0 Å². The average Bonchev–Trinajstić information content (AvgIpc) is 2.54. The minimum absolute atomic E-state index is 0.00300. The Kier molecular flexibility index (Phi) is 4.74. The van der Waals surface area contributed by atoms with E-state index >= 15 is 0 Å². The predicted molar refractivity (Wildman–Crippen MR) is 84.4 cm³/mol. The molecular weight excluding hydrogens is 374 g/mol. The number of alkyl halides is 3. The first-order valence-electron chi connectivity index (χ1n) is 7.67. The molecule has 1 aliphatic heterocycles. The molecule has 0 saturated heterocycles. The fourth-order valence-electron chi connectivity index (χ4n) is 2.78. The molecule has 3 rings (SSSR count). The van der Waals surface area contributed by atoms with E-state index in [2.05, 4.69) is 9.97 Å². The lowest BCUT2D eigenvalue weighted by molar-refractivity contribution is -0.137. The summed E-state index contributed by atoms with van der Waals surface area (Å²) in [6.07, 6.45) is -1.72. The molecule has 2 heterocycles. The molecule has 1 aliphatic rings. The molecule has 0 aliphatic carbocycles. The summed E-state index contributed by atoms with van der Waals surface area (Å²) in [5, 5.41) is -0.256. The van der Waals surface area contributed by atoms with Gasteiger partial charge in [-0.25, -0.2) is 22.8 Å². The molecule has 0 N–H and O–H groups in total. The van der Waals surface area contributed by atoms with Crippen molar-refractivity contribution in [2.45, 2.75) is 30.8 Å². The van der Waals surface area contributed by atoms with Gasteiger partial charge in [-0.2, -0.15) is 13.2 Å². The summed E-state index contributed by atoms with van der Waals surface area (Å²) in [5.41, 5.74) is 0.321. The molecule has 0 atom stereocenters. The van der Waals surface area contributed by atoms with E-state index in [9.17, 15) is 26.0 Å². The van der Waals surface area contributed by atoms with Crippen LogP contribution in [0.2, 0.25) is 0 Å². The standard InChI is InChI=1S/C16H15F4N3O2S/c1-26(24,25)15-21-7-11-9-23(5-4-14(11)22-15)8-10-6-12(16(18,19)20)2-3-13(10)17/h2-3,6-7H,4-5,8-9H2,1H3. The van der Waals surface area contributed by atoms with E-state index in [4.69, 9.17) is 0 Å². The third kappa shape index (κ3) is 4.01. The normalized spacial score (nSPS) is 15.7. The Hall–Kier alpha value is -2.07. The lowest BCUT2D eigenvalue weighted by atomic mass is 10.0. The van der Waals surface area contributed by atoms with Crippen molar-refractivity contribution in [1.29, 1.82) is 0 Å². The highest BCUT2D eigenvalue weighted by Gasteiger charge is 2.31. The number of benzene rings is 1. The maximum Gasteiger partial charge on any atom is 0.416 e. The number of aromatic nitrogens is 2. The molecule has 5 nitrogen and oxygen atoms in total. The van der Waals surface area contributed by atoms with Crippen LogP contribution in [0.25, 0.3) is 0 Å². The van der Waals surface area contributed by atoms with Gasteiger partial charge in [-0.3, -0.25) is 4.90 Å². The van der Waals surface area contributed by atoms with Crippen LogP contribution in [0.5, 0.6) is 0 Å². The van der Waals surface area contributed by atoms with E-state index in [1.54, 1.807) is 4.90 Å². The Morgan fingerprint density at radius 3 is 2.65 bits per heavy atom. The molecule has 1 aromatic carbocycles. The molecule has 0 fully saturated rings. The lowest BCUT2D eigenvalue weighted by Crippen LogP contribution is -2.31. The number of hydrogen-bond donors (Lipinski definition) is 0. The van der Waals surface area contributed by atoms with Crippen molar-refractivity contribution < 1.29 is 26.0 Å². The summed E-state index contributed by atoms with van der Waals surface area (Å²) < 4.78 is 75.3. The van der Waals surface area contributed by atoms with E-state index in [-0.39, 0.29) is 17.3 Å². The van der Waals surface area contributed by atoms with E-state index in [1.807, 2.05) is 0 Å². The van der Waals surface area contributed by atoms with E-state index in [0.29, 0.717) is 36.8 Å². The third-order valence-electron chi connectivity index (χ3n) is 4.09. The molecule has 0 amide bonds. The monoisotopic (exact) mass is 389 g/mol. The van der Waals surface area contributed by atoms with Crippen LogP contribution in [0.1, 0.15) is 22.4 Å². The van der Waals surface area contributed by atoms with E-state index in [1.165, 1.54) is 6.20 Å². The number of hydrogen-bond acceptors (Lipinski definition) is 5. The summed E-state index contributed by atoms with van der Waals surface area (Å²) >= 11 is 0. The SMILES string of the molecule is CS(=O)(=O)c1ncc2c(n1)CCN(Cc1cc(C(F)(F)F)ccc1F)C2. The van der Waals surface area contributed by atoms with Gasteiger partial charge >= 0.3 is 6.18 Å². The van der Waals surface area contributed by atoms with E-state index < -0.39 is 27.4 Å². The first-order chi connectivity index (χ1) is 12.0. The second-order valence-electron chi connectivity index (χ2n) is 6.16. The highest BCUT2D eigenvalue weighted by Crippen LogP contribution is 2.31. The topological polar surface area (TPSA) is 63.2 Å². The third-order valence-corrected chi connectivity index (χ3v) is 4.95. The minimum Gasteiger partial charge on any atom is -0.294 e. The summed E-state index contributed by atoms with van der Waals surface area (Å²) in [6, 6.07) is 2.34. The maximum atomic E-state index is 13.9. The fourth-order valence-corrected chi connectivity index (χ4v) is 3.30. The molecule has 0 unspecified atom stereocenters. The highest BCUT2D eigenvalue weighted by atomic mass is 32.2. The Morgan fingerprint density at radius 2 is 2.00 bits per heavy atom. The van der Waals surface area contributed by atoms with Crippen LogP contribution in [-0.4, -0.2) is 36.1 Å². The summed E-state index contributed by atoms with van der Waals surface area (Å²) in [4.78, 5) is 9.63. The Labute approximate surface area is 147 Å². The molecule has 140 valence electrons. The predicted octanol–water partition coefficient (Wildman–Crippen LogP) is 2.60. The zero-order valence-electron chi connectivity index (χ0n) is 13.7. The molecule has 0 bridgehead atoms. The minimum atomic E-state index is -4.53. The largest absolute Gasteiger partial charge is 0.416 e. The van der Waals surface area contributed by atoms with Crippen LogP contribution in [0.15, 0.2) is 29.6 Å². The van der Waals surface area contributed by atoms with Crippen molar-refractivity contribution in [3.8, 4) is 0 Å². The first kappa shape index (κ1) is 18.7. The van der Waals surface area contributed by atoms with Crippen molar-refractivity contribution in [3.63, 3.8) is 0 Å². The number of halogens is 4. The second kappa shape index (κ2) is 6.58. The van der Waals surface area contributed by atoms with E-state index in [0.717, 1.165) is 18.4 Å². The van der Waals surface area contributed by atoms with Gasteiger partial charge in [0.25, 0.3) is 0 Å². The number of nitrogens with zero attached hydrogens (tertiary/aromatic N) is 3. The van der Waals surface area contributed by atoms with Gasteiger partial charge in [0, 0.05) is 49.6 Å². The van der Waals surface area contributed by atoms with Gasteiger partial charge < -0.3 is 0 Å². The average molecular weight is 389 g/mol. The van der Waals surface area contributed by atoms with Crippen LogP contribution in [0, 0.1) is 5.82 Å². The summed E-state index contributed by atoms with van der Waals surface area (Å²) in [7, 11) is -3.51. The number of sulfone groups is 1. The van der Waals surface area contributed by atoms with Crippen LogP contribution in [0.4, 0.5) is 17.6 Å². The van der Waals surface area contributed by atoms with Gasteiger partial charge in [0.1, 0.15) is 5.82 Å². The summed E-state index contributed by atoms with van der Waals surface area (Å²) in [5.74, 6) is -0.701. The lowest BCUT2D eigenvalue weighted by Gasteiger charge is -2.28. The zero-order chi connectivity index (χ0) is 19.1. The number of fused-ring (bicyclic) bond motifs is 1. The number of rotatable bonds is 3. The first-order valence-corrected chi connectivity index (χ1v) is 9.56. The van der Waals surface area contributed by atoms with Crippen LogP contribution < -0.4 is 0 Å². The van der Waals surface area contributed by atoms with Gasteiger partial charge in [0.15, 0.2) is 0 Å². The smallest absolute Gasteiger partial charge is 0.294 e. The van der Waals surface area contributed by atoms with Crippen LogP contribution >= 0.6 is 0 Å². The van der Waals surface area contributed by atoms with Crippen molar-refractivity contribution in [3.05, 3.63) is 52.6 Å². The summed E-state index contributed by atoms with van der Waals surface area (Å²) in [6.45, 7) is 0.723. The molecule has 1 aromatic heterocycles. The quantitative estimate of drug-likeness (QED) is 0.597. The van der Waals surface area contributed by atoms with Gasteiger partial charge in [0.2, 0.25) is 15.0 Å². The van der Waals surface area contributed by atoms with Gasteiger partial charge in [-0.1, -0.05) is 0 Å². The Bertz CT molecular complexity index is 945. The molecule has 0 radical (unpaired) electrons. The molecule has 2 aromatic rings. The maximum absolute atomic E-state index is 13.9. The van der Waals surface area contributed by atoms with Crippen LogP contribution in [0.3, 0.4) is 0 Å². The van der Waals surface area contributed by atoms with Gasteiger partial charge in [-0.05, 0) is 18.2 Å². The Balaban J connectivity index is 1.80. The fraction of sp³-hybridized carbons (Fsp3) is 0.375. The highest BCUT2D eigenvalue weighted by molar-refractivity contribution is 7.90. The molecular formula is C16H15F4N3O2S.